The minimum absolute atomic E-state index is 0.213. The van der Waals surface area contributed by atoms with Gasteiger partial charge in [0, 0.05) is 5.69 Å². The van der Waals surface area contributed by atoms with E-state index in [4.69, 9.17) is 0 Å². The van der Waals surface area contributed by atoms with Crippen LogP contribution < -0.4 is 11.0 Å². The van der Waals surface area contributed by atoms with Gasteiger partial charge in [0.2, 0.25) is 0 Å². The predicted molar refractivity (Wildman–Crippen MR) is 66.8 cm³/mol. The van der Waals surface area contributed by atoms with E-state index >= 15 is 0 Å². The molecule has 88 valence electrons. The van der Waals surface area contributed by atoms with Crippen molar-refractivity contribution >= 4 is 5.69 Å². The number of para-hydroxylation sites is 1. The van der Waals surface area contributed by atoms with Crippen LogP contribution in [0.15, 0.2) is 47.8 Å². The molecule has 1 aromatic carbocycles. The molecular formula is C12H14N4O. The molecule has 0 aliphatic carbocycles. The van der Waals surface area contributed by atoms with Gasteiger partial charge in [-0.2, -0.15) is 5.10 Å². The van der Waals surface area contributed by atoms with Crippen molar-refractivity contribution in [1.82, 2.24) is 14.8 Å². The number of hydrogen-bond donors (Lipinski definition) is 2. The van der Waals surface area contributed by atoms with E-state index in [0.29, 0.717) is 18.9 Å². The molecule has 0 amide bonds. The lowest BCUT2D eigenvalue weighted by atomic mass is 10.3. The molecule has 0 saturated heterocycles. The lowest BCUT2D eigenvalue weighted by Gasteiger charge is -2.02. The standard InChI is InChI=1S/C12H14N4O/c1-2-8-16-12(17)14-11(15-16)9-13-10-6-4-3-5-7-10/h2-7,13H,1,8-9H2,(H,14,15,17). The Labute approximate surface area is 98.8 Å². The van der Waals surface area contributed by atoms with Crippen LogP contribution in [0.4, 0.5) is 5.69 Å². The summed E-state index contributed by atoms with van der Waals surface area (Å²) >= 11 is 0. The monoisotopic (exact) mass is 230 g/mol. The Morgan fingerprint density at radius 2 is 2.18 bits per heavy atom. The molecule has 0 bridgehead atoms. The van der Waals surface area contributed by atoms with Crippen LogP contribution in [-0.2, 0) is 13.1 Å². The maximum Gasteiger partial charge on any atom is 0.343 e. The zero-order chi connectivity index (χ0) is 12.1. The highest BCUT2D eigenvalue weighted by Crippen LogP contribution is 2.05. The maximum absolute atomic E-state index is 11.4. The van der Waals surface area contributed by atoms with Crippen molar-refractivity contribution in [3.63, 3.8) is 0 Å². The third-order valence-electron chi connectivity index (χ3n) is 2.26. The third kappa shape index (κ3) is 2.84. The number of aromatic nitrogens is 3. The SMILES string of the molecule is C=CCn1nc(CNc2ccccc2)[nH]c1=O. The first kappa shape index (κ1) is 11.2. The van der Waals surface area contributed by atoms with Crippen molar-refractivity contribution in [1.29, 1.82) is 0 Å². The molecule has 0 unspecified atom stereocenters. The number of hydrogen-bond acceptors (Lipinski definition) is 3. The van der Waals surface area contributed by atoms with Crippen LogP contribution >= 0.6 is 0 Å². The molecule has 0 fully saturated rings. The number of H-pyrrole nitrogens is 1. The Balaban J connectivity index is 2.02. The van der Waals surface area contributed by atoms with Crippen LogP contribution in [0.1, 0.15) is 5.82 Å². The summed E-state index contributed by atoms with van der Waals surface area (Å²) in [5.74, 6) is 0.612. The molecule has 5 heteroatoms. The Morgan fingerprint density at radius 3 is 2.88 bits per heavy atom. The third-order valence-corrected chi connectivity index (χ3v) is 2.26. The fraction of sp³-hybridized carbons (Fsp3) is 0.167. The molecule has 17 heavy (non-hydrogen) atoms. The highest BCUT2D eigenvalue weighted by molar-refractivity contribution is 5.42. The highest BCUT2D eigenvalue weighted by atomic mass is 16.1. The van der Waals surface area contributed by atoms with E-state index in [2.05, 4.69) is 22.0 Å². The van der Waals surface area contributed by atoms with Crippen molar-refractivity contribution in [3.05, 3.63) is 59.3 Å². The predicted octanol–water partition coefficient (Wildman–Crippen LogP) is 1.37. The van der Waals surface area contributed by atoms with Gasteiger partial charge in [0.15, 0.2) is 0 Å². The molecule has 1 heterocycles. The molecule has 2 aromatic rings. The average Bonchev–Trinajstić information content (AvgIpc) is 2.70. The summed E-state index contributed by atoms with van der Waals surface area (Å²) in [5.41, 5.74) is 0.779. The molecule has 0 radical (unpaired) electrons. The van der Waals surface area contributed by atoms with Gasteiger partial charge in [-0.05, 0) is 12.1 Å². The summed E-state index contributed by atoms with van der Waals surface area (Å²) in [6.45, 7) is 4.48. The minimum Gasteiger partial charge on any atom is -0.378 e. The zero-order valence-electron chi connectivity index (χ0n) is 9.39. The molecule has 2 rings (SSSR count). The maximum atomic E-state index is 11.4. The fourth-order valence-corrected chi connectivity index (χ4v) is 1.47. The number of aromatic amines is 1. The molecule has 1 aromatic heterocycles. The van der Waals surface area contributed by atoms with Crippen LogP contribution in [0.3, 0.4) is 0 Å². The molecule has 0 saturated carbocycles. The van der Waals surface area contributed by atoms with Crippen molar-refractivity contribution in [2.75, 3.05) is 5.32 Å². The molecule has 0 aliphatic heterocycles. The Hall–Kier alpha value is -2.30. The Bertz CT molecular complexity index is 541. The van der Waals surface area contributed by atoms with Gasteiger partial charge in [0.25, 0.3) is 0 Å². The normalized spacial score (nSPS) is 10.1. The van der Waals surface area contributed by atoms with E-state index in [9.17, 15) is 4.79 Å². The average molecular weight is 230 g/mol. The molecule has 5 nitrogen and oxygen atoms in total. The summed E-state index contributed by atoms with van der Waals surface area (Å²) in [5, 5.41) is 7.30. The lowest BCUT2D eigenvalue weighted by Crippen LogP contribution is -2.16. The second-order valence-electron chi connectivity index (χ2n) is 3.57. The number of allylic oxidation sites excluding steroid dienone is 1. The summed E-state index contributed by atoms with van der Waals surface area (Å²) in [7, 11) is 0. The second kappa shape index (κ2) is 5.16. The first-order valence-electron chi connectivity index (χ1n) is 5.35. The lowest BCUT2D eigenvalue weighted by molar-refractivity contribution is 0.665. The second-order valence-corrected chi connectivity index (χ2v) is 3.57. The van der Waals surface area contributed by atoms with Gasteiger partial charge < -0.3 is 5.32 Å². The van der Waals surface area contributed by atoms with Gasteiger partial charge in [0.1, 0.15) is 5.82 Å². The number of rotatable bonds is 5. The topological polar surface area (TPSA) is 62.7 Å². The molecule has 0 spiro atoms. The molecule has 0 atom stereocenters. The molecule has 2 N–H and O–H groups in total. The van der Waals surface area contributed by atoms with Gasteiger partial charge in [-0.15, -0.1) is 6.58 Å². The smallest absolute Gasteiger partial charge is 0.343 e. The van der Waals surface area contributed by atoms with Crippen LogP contribution in [0.25, 0.3) is 0 Å². The van der Waals surface area contributed by atoms with Crippen LogP contribution in [0.2, 0.25) is 0 Å². The van der Waals surface area contributed by atoms with Crippen molar-refractivity contribution in [3.8, 4) is 0 Å². The summed E-state index contributed by atoms with van der Waals surface area (Å²) in [6.07, 6.45) is 1.64. The van der Waals surface area contributed by atoms with Gasteiger partial charge in [-0.3, -0.25) is 4.98 Å². The highest BCUT2D eigenvalue weighted by Gasteiger charge is 2.02. The van der Waals surface area contributed by atoms with Crippen molar-refractivity contribution in [2.45, 2.75) is 13.1 Å². The van der Waals surface area contributed by atoms with E-state index in [1.807, 2.05) is 30.3 Å². The van der Waals surface area contributed by atoms with Crippen LogP contribution in [-0.4, -0.2) is 14.8 Å². The Kier molecular flexibility index (Phi) is 3.40. The first-order valence-corrected chi connectivity index (χ1v) is 5.35. The molecular weight excluding hydrogens is 216 g/mol. The quantitative estimate of drug-likeness (QED) is 0.762. The van der Waals surface area contributed by atoms with Crippen molar-refractivity contribution < 1.29 is 0 Å². The zero-order valence-corrected chi connectivity index (χ0v) is 9.39. The van der Waals surface area contributed by atoms with E-state index in [-0.39, 0.29) is 5.69 Å². The first-order chi connectivity index (χ1) is 8.29. The van der Waals surface area contributed by atoms with Gasteiger partial charge in [0.05, 0.1) is 13.1 Å². The number of nitrogens with zero attached hydrogens (tertiary/aromatic N) is 2. The van der Waals surface area contributed by atoms with Gasteiger partial charge in [-0.25, -0.2) is 9.48 Å². The van der Waals surface area contributed by atoms with Crippen molar-refractivity contribution in [2.24, 2.45) is 0 Å². The minimum atomic E-state index is -0.213. The summed E-state index contributed by atoms with van der Waals surface area (Å²) in [6, 6.07) is 9.76. The number of anilines is 1. The van der Waals surface area contributed by atoms with Crippen LogP contribution in [0, 0.1) is 0 Å². The van der Waals surface area contributed by atoms with Gasteiger partial charge >= 0.3 is 5.69 Å². The van der Waals surface area contributed by atoms with E-state index < -0.39 is 0 Å². The van der Waals surface area contributed by atoms with Gasteiger partial charge in [-0.1, -0.05) is 24.3 Å². The summed E-state index contributed by atoms with van der Waals surface area (Å²) in [4.78, 5) is 14.1. The van der Waals surface area contributed by atoms with E-state index in [1.54, 1.807) is 6.08 Å². The number of benzene rings is 1. The van der Waals surface area contributed by atoms with E-state index in [1.165, 1.54) is 4.68 Å². The largest absolute Gasteiger partial charge is 0.378 e. The molecule has 0 aliphatic rings. The Morgan fingerprint density at radius 1 is 1.41 bits per heavy atom. The van der Waals surface area contributed by atoms with Crippen LogP contribution in [0.5, 0.6) is 0 Å². The number of nitrogens with one attached hydrogen (secondary N) is 2. The summed E-state index contributed by atoms with van der Waals surface area (Å²) < 4.78 is 1.34. The van der Waals surface area contributed by atoms with E-state index in [0.717, 1.165) is 5.69 Å². The fourth-order valence-electron chi connectivity index (χ4n) is 1.47.